The Hall–Kier alpha value is -2.04. The molecule has 1 aliphatic heterocycles. The molecule has 2 atom stereocenters. The van der Waals surface area contributed by atoms with Crippen LogP contribution in [0.1, 0.15) is 32.3 Å². The van der Waals surface area contributed by atoms with Crippen LogP contribution < -0.4 is 15.0 Å². The summed E-state index contributed by atoms with van der Waals surface area (Å²) >= 11 is 0. The molecule has 0 bridgehead atoms. The van der Waals surface area contributed by atoms with E-state index < -0.39 is 0 Å². The van der Waals surface area contributed by atoms with Crippen LogP contribution in [0, 0.1) is 12.8 Å². The molecule has 120 valence electrons. The van der Waals surface area contributed by atoms with Gasteiger partial charge >= 0.3 is 0 Å². The molecule has 5 nitrogen and oxygen atoms in total. The van der Waals surface area contributed by atoms with E-state index in [1.165, 1.54) is 0 Å². The van der Waals surface area contributed by atoms with Crippen molar-refractivity contribution in [2.75, 3.05) is 18.6 Å². The molecular formula is C17H24N2O3. The zero-order valence-corrected chi connectivity index (χ0v) is 13.7. The second-order valence-electron chi connectivity index (χ2n) is 5.90. The van der Waals surface area contributed by atoms with Crippen LogP contribution in [0.15, 0.2) is 18.2 Å². The highest BCUT2D eigenvalue weighted by Crippen LogP contribution is 2.33. The van der Waals surface area contributed by atoms with Crippen LogP contribution in [-0.2, 0) is 9.59 Å². The number of benzene rings is 1. The number of nitrogens with zero attached hydrogens (tertiary/aromatic N) is 1. The molecule has 0 aliphatic carbocycles. The molecule has 1 saturated heterocycles. The molecule has 0 saturated carbocycles. The van der Waals surface area contributed by atoms with Crippen molar-refractivity contribution in [3.8, 4) is 5.75 Å². The van der Waals surface area contributed by atoms with Gasteiger partial charge in [0.05, 0.1) is 18.7 Å². The number of amides is 2. The number of nitrogens with one attached hydrogen (secondary N) is 1. The highest BCUT2D eigenvalue weighted by atomic mass is 16.5. The summed E-state index contributed by atoms with van der Waals surface area (Å²) in [5.41, 5.74) is 1.79. The van der Waals surface area contributed by atoms with E-state index >= 15 is 0 Å². The standard InChI is InChI=1S/C17H24N2O3/c1-5-12(3)18-17(21)13-9-16(20)19(10-13)14-8-11(2)6-7-15(14)22-4/h6-8,12-13H,5,9-10H2,1-4H3,(H,18,21)/t12-,13+/m1/s1. The van der Waals surface area contributed by atoms with E-state index in [2.05, 4.69) is 5.32 Å². The van der Waals surface area contributed by atoms with Gasteiger partial charge in [0.1, 0.15) is 5.75 Å². The van der Waals surface area contributed by atoms with Crippen molar-refractivity contribution in [2.24, 2.45) is 5.92 Å². The van der Waals surface area contributed by atoms with Crippen molar-refractivity contribution in [3.05, 3.63) is 23.8 Å². The summed E-state index contributed by atoms with van der Waals surface area (Å²) in [6.07, 6.45) is 1.13. The first-order valence-corrected chi connectivity index (χ1v) is 7.71. The van der Waals surface area contributed by atoms with Crippen LogP contribution in [0.3, 0.4) is 0 Å². The summed E-state index contributed by atoms with van der Waals surface area (Å²) in [6, 6.07) is 5.84. The Balaban J connectivity index is 2.16. The fourth-order valence-corrected chi connectivity index (χ4v) is 2.59. The van der Waals surface area contributed by atoms with E-state index in [1.807, 2.05) is 39.0 Å². The average Bonchev–Trinajstić information content (AvgIpc) is 2.89. The van der Waals surface area contributed by atoms with Gasteiger partial charge in [0, 0.05) is 19.0 Å². The topological polar surface area (TPSA) is 58.6 Å². The largest absolute Gasteiger partial charge is 0.495 e. The quantitative estimate of drug-likeness (QED) is 0.908. The molecule has 0 radical (unpaired) electrons. The average molecular weight is 304 g/mol. The third-order valence-electron chi connectivity index (χ3n) is 4.12. The van der Waals surface area contributed by atoms with Crippen molar-refractivity contribution in [2.45, 2.75) is 39.7 Å². The molecule has 1 heterocycles. The number of hydrogen-bond acceptors (Lipinski definition) is 3. The Morgan fingerprint density at radius 1 is 1.50 bits per heavy atom. The molecule has 1 aliphatic rings. The van der Waals surface area contributed by atoms with Crippen LogP contribution in [-0.4, -0.2) is 31.5 Å². The van der Waals surface area contributed by atoms with Gasteiger partial charge in [-0.3, -0.25) is 9.59 Å². The highest BCUT2D eigenvalue weighted by Gasteiger charge is 2.36. The first-order valence-electron chi connectivity index (χ1n) is 7.71. The Morgan fingerprint density at radius 2 is 2.23 bits per heavy atom. The lowest BCUT2D eigenvalue weighted by Crippen LogP contribution is -2.38. The lowest BCUT2D eigenvalue weighted by molar-refractivity contribution is -0.126. The molecule has 0 unspecified atom stereocenters. The number of methoxy groups -OCH3 is 1. The summed E-state index contributed by atoms with van der Waals surface area (Å²) in [5, 5.41) is 2.95. The monoisotopic (exact) mass is 304 g/mol. The highest BCUT2D eigenvalue weighted by molar-refractivity contribution is 6.01. The van der Waals surface area contributed by atoms with Gasteiger partial charge < -0.3 is 15.0 Å². The number of carbonyl (C=O) groups excluding carboxylic acids is 2. The molecule has 2 amide bonds. The summed E-state index contributed by atoms with van der Waals surface area (Å²) in [7, 11) is 1.59. The number of anilines is 1. The molecule has 0 aromatic heterocycles. The second kappa shape index (κ2) is 6.81. The van der Waals surface area contributed by atoms with Crippen LogP contribution in [0.4, 0.5) is 5.69 Å². The molecule has 1 fully saturated rings. The van der Waals surface area contributed by atoms with Crippen LogP contribution in [0.5, 0.6) is 5.75 Å². The van der Waals surface area contributed by atoms with Crippen molar-refractivity contribution in [1.82, 2.24) is 5.32 Å². The summed E-state index contributed by atoms with van der Waals surface area (Å²) in [6.45, 7) is 6.36. The molecular weight excluding hydrogens is 280 g/mol. The zero-order chi connectivity index (χ0) is 16.3. The normalized spacial score (nSPS) is 19.2. The van der Waals surface area contributed by atoms with E-state index in [9.17, 15) is 9.59 Å². The second-order valence-corrected chi connectivity index (χ2v) is 5.90. The first kappa shape index (κ1) is 16.3. The smallest absolute Gasteiger partial charge is 0.227 e. The minimum atomic E-state index is -0.299. The summed E-state index contributed by atoms with van der Waals surface area (Å²) in [5.74, 6) is 0.277. The maximum absolute atomic E-state index is 12.3. The van der Waals surface area contributed by atoms with Crippen molar-refractivity contribution in [3.63, 3.8) is 0 Å². The van der Waals surface area contributed by atoms with Gasteiger partial charge in [0.2, 0.25) is 11.8 Å². The maximum atomic E-state index is 12.3. The SMILES string of the molecule is CC[C@@H](C)NC(=O)[C@H]1CC(=O)N(c2cc(C)ccc2OC)C1. The molecule has 22 heavy (non-hydrogen) atoms. The third kappa shape index (κ3) is 3.40. The minimum Gasteiger partial charge on any atom is -0.495 e. The van der Waals surface area contributed by atoms with Gasteiger partial charge in [-0.25, -0.2) is 0 Å². The Morgan fingerprint density at radius 3 is 2.86 bits per heavy atom. The van der Waals surface area contributed by atoms with Crippen molar-refractivity contribution in [1.29, 1.82) is 0 Å². The number of aryl methyl sites for hydroxylation is 1. The summed E-state index contributed by atoms with van der Waals surface area (Å²) < 4.78 is 5.34. The molecule has 1 aromatic carbocycles. The zero-order valence-electron chi connectivity index (χ0n) is 13.7. The Bertz CT molecular complexity index is 571. The van der Waals surface area contributed by atoms with E-state index in [0.29, 0.717) is 12.3 Å². The minimum absolute atomic E-state index is 0.0341. The first-order chi connectivity index (χ1) is 10.5. The number of carbonyl (C=O) groups is 2. The van der Waals surface area contributed by atoms with Gasteiger partial charge in [-0.15, -0.1) is 0 Å². The van der Waals surface area contributed by atoms with Gasteiger partial charge in [0.25, 0.3) is 0 Å². The predicted molar refractivity (Wildman–Crippen MR) is 86.1 cm³/mol. The van der Waals surface area contributed by atoms with Gasteiger partial charge in [0.15, 0.2) is 0 Å². The number of hydrogen-bond donors (Lipinski definition) is 1. The third-order valence-corrected chi connectivity index (χ3v) is 4.12. The van der Waals surface area contributed by atoms with E-state index in [-0.39, 0.29) is 30.2 Å². The van der Waals surface area contributed by atoms with E-state index in [4.69, 9.17) is 4.74 Å². The lowest BCUT2D eigenvalue weighted by atomic mass is 10.1. The molecule has 1 aromatic rings. The summed E-state index contributed by atoms with van der Waals surface area (Å²) in [4.78, 5) is 26.2. The number of rotatable bonds is 5. The molecule has 1 N–H and O–H groups in total. The van der Waals surface area contributed by atoms with Crippen LogP contribution >= 0.6 is 0 Å². The fourth-order valence-electron chi connectivity index (χ4n) is 2.59. The van der Waals surface area contributed by atoms with Gasteiger partial charge in [-0.2, -0.15) is 0 Å². The molecule has 2 rings (SSSR count). The number of ether oxygens (including phenoxy) is 1. The Kier molecular flexibility index (Phi) is 5.06. The Labute approximate surface area is 131 Å². The van der Waals surface area contributed by atoms with Crippen LogP contribution in [0.2, 0.25) is 0 Å². The van der Waals surface area contributed by atoms with Crippen molar-refractivity contribution < 1.29 is 14.3 Å². The maximum Gasteiger partial charge on any atom is 0.227 e. The van der Waals surface area contributed by atoms with E-state index in [0.717, 1.165) is 17.7 Å². The van der Waals surface area contributed by atoms with Crippen LogP contribution in [0.25, 0.3) is 0 Å². The predicted octanol–water partition coefficient (Wildman–Crippen LogP) is 2.27. The van der Waals surface area contributed by atoms with Crippen molar-refractivity contribution >= 4 is 17.5 Å². The van der Waals surface area contributed by atoms with E-state index in [1.54, 1.807) is 12.0 Å². The molecule has 0 spiro atoms. The molecule has 5 heteroatoms. The lowest BCUT2D eigenvalue weighted by Gasteiger charge is -2.20. The van der Waals surface area contributed by atoms with Gasteiger partial charge in [-0.1, -0.05) is 13.0 Å². The fraction of sp³-hybridized carbons (Fsp3) is 0.529. The van der Waals surface area contributed by atoms with Gasteiger partial charge in [-0.05, 0) is 38.0 Å².